The summed E-state index contributed by atoms with van der Waals surface area (Å²) in [6.07, 6.45) is 5.12. The second-order valence-electron chi connectivity index (χ2n) is 5.28. The topological polar surface area (TPSA) is 24.9 Å². The Balaban J connectivity index is 2.15. The predicted molar refractivity (Wildman–Crippen MR) is 97.5 cm³/mol. The molecule has 0 amide bonds. The molecule has 112 valence electrons. The quantitative estimate of drug-likeness (QED) is 0.698. The second-order valence-corrected chi connectivity index (χ2v) is 6.52. The number of hydrogen-bond donors (Lipinski definition) is 1. The fourth-order valence-electron chi connectivity index (χ4n) is 2.34. The van der Waals surface area contributed by atoms with E-state index in [2.05, 4.69) is 83.1 Å². The smallest absolute Gasteiger partial charge is 0.0422 e. The first-order valence-corrected chi connectivity index (χ1v) is 8.73. The number of nitrogens with one attached hydrogen (secondary N) is 1. The second kappa shape index (κ2) is 8.49. The van der Waals surface area contributed by atoms with Gasteiger partial charge in [-0.05, 0) is 71.3 Å². The van der Waals surface area contributed by atoms with Crippen LogP contribution in [-0.2, 0) is 12.8 Å². The first-order valence-electron chi connectivity index (χ1n) is 7.65. The summed E-state index contributed by atoms with van der Waals surface area (Å²) >= 11 is 2.37. The van der Waals surface area contributed by atoms with Crippen molar-refractivity contribution in [2.45, 2.75) is 39.2 Å². The van der Waals surface area contributed by atoms with Crippen molar-refractivity contribution < 1.29 is 0 Å². The van der Waals surface area contributed by atoms with Gasteiger partial charge in [-0.15, -0.1) is 0 Å². The van der Waals surface area contributed by atoms with Crippen LogP contribution in [0.1, 0.15) is 43.1 Å². The molecule has 1 aromatic heterocycles. The van der Waals surface area contributed by atoms with E-state index in [0.717, 1.165) is 31.5 Å². The number of hydrogen-bond acceptors (Lipinski definition) is 2. The Bertz CT molecular complexity index is 551. The van der Waals surface area contributed by atoms with Crippen LogP contribution in [-0.4, -0.2) is 11.5 Å². The monoisotopic (exact) mass is 394 g/mol. The molecule has 2 nitrogen and oxygen atoms in total. The highest BCUT2D eigenvalue weighted by molar-refractivity contribution is 14.1. The lowest BCUT2D eigenvalue weighted by molar-refractivity contribution is 0.524. The molecule has 1 atom stereocenters. The third-order valence-corrected chi connectivity index (χ3v) is 4.27. The van der Waals surface area contributed by atoms with E-state index in [0.29, 0.717) is 6.04 Å². The fraction of sp³-hybridized carbons (Fsp3) is 0.389. The number of aromatic nitrogens is 1. The van der Waals surface area contributed by atoms with E-state index in [1.807, 2.05) is 6.20 Å². The molecule has 3 heteroatoms. The number of nitrogens with zero attached hydrogens (tertiary/aromatic N) is 1. The highest BCUT2D eigenvalue weighted by atomic mass is 127. The third kappa shape index (κ3) is 5.08. The van der Waals surface area contributed by atoms with E-state index in [1.54, 1.807) is 0 Å². The molecular formula is C18H23IN2. The van der Waals surface area contributed by atoms with Crippen molar-refractivity contribution in [1.29, 1.82) is 0 Å². The minimum Gasteiger partial charge on any atom is -0.310 e. The van der Waals surface area contributed by atoms with E-state index in [9.17, 15) is 0 Å². The lowest BCUT2D eigenvalue weighted by atomic mass is 10.0. The van der Waals surface area contributed by atoms with Gasteiger partial charge in [0.2, 0.25) is 0 Å². The van der Waals surface area contributed by atoms with Gasteiger partial charge in [-0.3, -0.25) is 4.98 Å². The number of rotatable bonds is 7. The van der Waals surface area contributed by atoms with Gasteiger partial charge in [0.05, 0.1) is 0 Å². The maximum atomic E-state index is 4.60. The maximum absolute atomic E-state index is 4.60. The summed E-state index contributed by atoms with van der Waals surface area (Å²) in [7, 11) is 0. The van der Waals surface area contributed by atoms with Gasteiger partial charge in [0.1, 0.15) is 0 Å². The van der Waals surface area contributed by atoms with Crippen LogP contribution in [0.2, 0.25) is 0 Å². The molecule has 0 bridgehead atoms. The van der Waals surface area contributed by atoms with Crippen LogP contribution in [0.3, 0.4) is 0 Å². The van der Waals surface area contributed by atoms with Crippen LogP contribution < -0.4 is 5.32 Å². The van der Waals surface area contributed by atoms with E-state index >= 15 is 0 Å². The number of pyridine rings is 1. The van der Waals surface area contributed by atoms with Crippen molar-refractivity contribution in [2.24, 2.45) is 0 Å². The molecule has 21 heavy (non-hydrogen) atoms. The Kier molecular flexibility index (Phi) is 6.64. The summed E-state index contributed by atoms with van der Waals surface area (Å²) in [5, 5.41) is 3.65. The highest BCUT2D eigenvalue weighted by Crippen LogP contribution is 2.20. The zero-order chi connectivity index (χ0) is 15.1. The van der Waals surface area contributed by atoms with Gasteiger partial charge in [-0.2, -0.15) is 0 Å². The summed E-state index contributed by atoms with van der Waals surface area (Å²) in [4.78, 5) is 4.60. The maximum Gasteiger partial charge on any atom is 0.0422 e. The molecule has 0 aliphatic heterocycles. The molecule has 1 N–H and O–H groups in total. The first kappa shape index (κ1) is 16.4. The van der Waals surface area contributed by atoms with Crippen LogP contribution in [0.25, 0.3) is 0 Å². The number of halogens is 1. The fourth-order valence-corrected chi connectivity index (χ4v) is 2.91. The van der Waals surface area contributed by atoms with Gasteiger partial charge in [0.15, 0.2) is 0 Å². The molecule has 0 radical (unpaired) electrons. The van der Waals surface area contributed by atoms with Crippen LogP contribution in [0, 0.1) is 3.57 Å². The lowest BCUT2D eigenvalue weighted by Gasteiger charge is -2.19. The normalized spacial score (nSPS) is 12.3. The molecule has 1 unspecified atom stereocenters. The minimum atomic E-state index is 0.333. The molecule has 2 aromatic rings. The van der Waals surface area contributed by atoms with Crippen molar-refractivity contribution in [1.82, 2.24) is 10.3 Å². The van der Waals surface area contributed by atoms with Crippen LogP contribution >= 0.6 is 22.6 Å². The molecule has 0 fully saturated rings. The summed E-state index contributed by atoms with van der Waals surface area (Å²) in [5.41, 5.74) is 3.79. The largest absolute Gasteiger partial charge is 0.310 e. The van der Waals surface area contributed by atoms with E-state index < -0.39 is 0 Å². The molecule has 1 heterocycles. The van der Waals surface area contributed by atoms with Crippen molar-refractivity contribution in [3.8, 4) is 0 Å². The van der Waals surface area contributed by atoms with Crippen molar-refractivity contribution in [3.63, 3.8) is 0 Å². The Labute approximate surface area is 141 Å². The summed E-state index contributed by atoms with van der Waals surface area (Å²) in [6.45, 7) is 5.39. The van der Waals surface area contributed by atoms with Crippen molar-refractivity contribution >= 4 is 22.6 Å². The van der Waals surface area contributed by atoms with Crippen LogP contribution in [0.15, 0.2) is 42.6 Å². The molecule has 0 spiro atoms. The lowest BCUT2D eigenvalue weighted by Crippen LogP contribution is -2.24. The van der Waals surface area contributed by atoms with Crippen molar-refractivity contribution in [3.05, 3.63) is 63.0 Å². The van der Waals surface area contributed by atoms with E-state index in [-0.39, 0.29) is 0 Å². The Hall–Kier alpha value is -0.940. The average Bonchev–Trinajstić information content (AvgIpc) is 2.52. The van der Waals surface area contributed by atoms with Crippen LogP contribution in [0.5, 0.6) is 0 Å². The molecule has 0 aliphatic carbocycles. The molecule has 2 rings (SSSR count). The first-order chi connectivity index (χ1) is 10.2. The van der Waals surface area contributed by atoms with Gasteiger partial charge in [0, 0.05) is 27.9 Å². The zero-order valence-corrected chi connectivity index (χ0v) is 14.9. The number of benzene rings is 1. The number of aryl methyl sites for hydroxylation is 1. The van der Waals surface area contributed by atoms with Gasteiger partial charge in [0.25, 0.3) is 0 Å². The SMILES string of the molecule is CCCNC(Cc1ccc(CC)cn1)c1cccc(I)c1. The molecule has 1 aromatic carbocycles. The minimum absolute atomic E-state index is 0.333. The standard InChI is InChI=1S/C18H23IN2/c1-3-10-20-18(15-6-5-7-16(19)11-15)12-17-9-8-14(4-2)13-21-17/h5-9,11,13,18,20H,3-4,10,12H2,1-2H3. The Morgan fingerprint density at radius 2 is 2.05 bits per heavy atom. The Morgan fingerprint density at radius 3 is 2.67 bits per heavy atom. The van der Waals surface area contributed by atoms with Gasteiger partial charge >= 0.3 is 0 Å². The van der Waals surface area contributed by atoms with E-state index in [4.69, 9.17) is 0 Å². The third-order valence-electron chi connectivity index (χ3n) is 3.60. The molecule has 0 saturated carbocycles. The average molecular weight is 394 g/mol. The van der Waals surface area contributed by atoms with Gasteiger partial charge in [-0.1, -0.05) is 32.0 Å². The molecule has 0 saturated heterocycles. The highest BCUT2D eigenvalue weighted by Gasteiger charge is 2.12. The summed E-state index contributed by atoms with van der Waals surface area (Å²) in [5.74, 6) is 0. The summed E-state index contributed by atoms with van der Waals surface area (Å²) < 4.78 is 1.28. The Morgan fingerprint density at radius 1 is 1.19 bits per heavy atom. The predicted octanol–water partition coefficient (Wildman–Crippen LogP) is 4.53. The molecular weight excluding hydrogens is 371 g/mol. The van der Waals surface area contributed by atoms with Crippen LogP contribution in [0.4, 0.5) is 0 Å². The van der Waals surface area contributed by atoms with E-state index in [1.165, 1.54) is 14.7 Å². The summed E-state index contributed by atoms with van der Waals surface area (Å²) in [6, 6.07) is 13.4. The zero-order valence-electron chi connectivity index (χ0n) is 12.8. The van der Waals surface area contributed by atoms with Gasteiger partial charge < -0.3 is 5.32 Å². The molecule has 0 aliphatic rings. The van der Waals surface area contributed by atoms with Crippen molar-refractivity contribution in [2.75, 3.05) is 6.54 Å². The van der Waals surface area contributed by atoms with Gasteiger partial charge in [-0.25, -0.2) is 0 Å².